The monoisotopic (exact) mass is 350 g/mol. The van der Waals surface area contributed by atoms with Crippen molar-refractivity contribution in [2.45, 2.75) is 102 Å². The van der Waals surface area contributed by atoms with Crippen LogP contribution in [0.1, 0.15) is 84.5 Å². The average Bonchev–Trinajstić information content (AvgIpc) is 2.84. The fourth-order valence-electron chi connectivity index (χ4n) is 4.44. The highest BCUT2D eigenvalue weighted by atomic mass is 16.5. The lowest BCUT2D eigenvalue weighted by Gasteiger charge is -2.29. The van der Waals surface area contributed by atoms with Crippen molar-refractivity contribution in [3.05, 3.63) is 24.5 Å². The lowest BCUT2D eigenvalue weighted by molar-refractivity contribution is 0.0182. The maximum absolute atomic E-state index is 10.7. The maximum Gasteiger partial charge on any atom is 0.104 e. The molecule has 0 spiro atoms. The van der Waals surface area contributed by atoms with Crippen LogP contribution in [0.3, 0.4) is 0 Å². The van der Waals surface area contributed by atoms with E-state index in [2.05, 4.69) is 25.7 Å². The smallest absolute Gasteiger partial charge is 0.104 e. The summed E-state index contributed by atoms with van der Waals surface area (Å²) in [6.07, 6.45) is 14.9. The molecule has 2 aliphatic rings. The molecule has 3 nitrogen and oxygen atoms in total. The molecular weight excluding hydrogens is 312 g/mol. The number of hydrogen-bond acceptors (Lipinski definition) is 3. The van der Waals surface area contributed by atoms with Crippen LogP contribution in [-0.2, 0) is 4.74 Å². The van der Waals surface area contributed by atoms with Crippen molar-refractivity contribution < 1.29 is 14.9 Å². The fourth-order valence-corrected chi connectivity index (χ4v) is 4.44. The lowest BCUT2D eigenvalue weighted by atomic mass is 9.82. The molecule has 1 unspecified atom stereocenters. The number of fused-ring (bicyclic) bond motifs is 1. The summed E-state index contributed by atoms with van der Waals surface area (Å²) in [6.45, 7) is 8.19. The Hall–Kier alpha value is -0.800. The van der Waals surface area contributed by atoms with Crippen molar-refractivity contribution in [3.63, 3.8) is 0 Å². The van der Waals surface area contributed by atoms with Crippen LogP contribution in [0.4, 0.5) is 0 Å². The molecule has 5 atom stereocenters. The molecule has 1 aliphatic carbocycles. The molecule has 2 N–H and O–H groups in total. The van der Waals surface area contributed by atoms with Crippen molar-refractivity contribution in [2.24, 2.45) is 11.8 Å². The van der Waals surface area contributed by atoms with Crippen LogP contribution in [0, 0.1) is 11.8 Å². The molecule has 0 aromatic heterocycles. The third-order valence-electron chi connectivity index (χ3n) is 6.05. The molecule has 1 fully saturated rings. The summed E-state index contributed by atoms with van der Waals surface area (Å²) >= 11 is 0. The minimum Gasteiger partial charge on any atom is -0.495 e. The number of rotatable bonds is 7. The number of ether oxygens (including phenoxy) is 1. The Morgan fingerprint density at radius 3 is 2.84 bits per heavy atom. The van der Waals surface area contributed by atoms with Gasteiger partial charge in [-0.2, -0.15) is 0 Å². The molecule has 0 saturated heterocycles. The summed E-state index contributed by atoms with van der Waals surface area (Å²) in [5.41, 5.74) is -0.622. The van der Waals surface area contributed by atoms with Crippen LogP contribution in [0.15, 0.2) is 24.5 Å². The van der Waals surface area contributed by atoms with Gasteiger partial charge in [-0.3, -0.25) is 0 Å². The first-order chi connectivity index (χ1) is 11.9. The normalized spacial score (nSPS) is 34.0. The number of hydrogen-bond donors (Lipinski definition) is 2. The zero-order valence-corrected chi connectivity index (χ0v) is 16.3. The second-order valence-electron chi connectivity index (χ2n) is 8.42. The van der Waals surface area contributed by atoms with E-state index in [-0.39, 0.29) is 18.1 Å². The highest BCUT2D eigenvalue weighted by molar-refractivity contribution is 5.00. The third kappa shape index (κ3) is 6.45. The van der Waals surface area contributed by atoms with Gasteiger partial charge < -0.3 is 14.9 Å². The Balaban J connectivity index is 1.96. The van der Waals surface area contributed by atoms with Crippen LogP contribution in [0.25, 0.3) is 0 Å². The van der Waals surface area contributed by atoms with Crippen LogP contribution in [0.5, 0.6) is 0 Å². The van der Waals surface area contributed by atoms with Crippen molar-refractivity contribution in [3.8, 4) is 0 Å². The van der Waals surface area contributed by atoms with Gasteiger partial charge >= 0.3 is 0 Å². The second-order valence-corrected chi connectivity index (χ2v) is 8.42. The molecule has 0 amide bonds. The van der Waals surface area contributed by atoms with Gasteiger partial charge in [0.25, 0.3) is 0 Å². The van der Waals surface area contributed by atoms with E-state index in [1.165, 1.54) is 12.8 Å². The van der Waals surface area contributed by atoms with Gasteiger partial charge in [-0.25, -0.2) is 0 Å². The molecule has 144 valence electrons. The van der Waals surface area contributed by atoms with Gasteiger partial charge in [-0.05, 0) is 51.4 Å². The number of aliphatic hydroxyl groups excluding tert-OH is 1. The largest absolute Gasteiger partial charge is 0.495 e. The summed E-state index contributed by atoms with van der Waals surface area (Å²) in [6, 6.07) is 0. The molecule has 1 aliphatic heterocycles. The van der Waals surface area contributed by atoms with Crippen molar-refractivity contribution >= 4 is 0 Å². The van der Waals surface area contributed by atoms with E-state index in [0.29, 0.717) is 12.3 Å². The van der Waals surface area contributed by atoms with E-state index in [1.54, 1.807) is 0 Å². The standard InChI is InChI=1S/C22H38O3/c1-4-5-10-14-22(3,24)15-13-18-19-12-9-7-6-8-11-17(2)25-21(19)16-20(18)23/h7,9,18-21,23-24H,2,4-6,8,10-16H2,1,3H3/b9-7-/t18-,19-,20-,21+,22?/m1/s1. The summed E-state index contributed by atoms with van der Waals surface area (Å²) < 4.78 is 6.11. The Labute approximate surface area is 154 Å². The average molecular weight is 351 g/mol. The summed E-state index contributed by atoms with van der Waals surface area (Å²) in [4.78, 5) is 0. The minimum atomic E-state index is -0.622. The minimum absolute atomic E-state index is 0.0697. The van der Waals surface area contributed by atoms with E-state index in [1.807, 2.05) is 6.92 Å². The molecule has 3 heteroatoms. The van der Waals surface area contributed by atoms with Crippen LogP contribution >= 0.6 is 0 Å². The Morgan fingerprint density at radius 1 is 1.28 bits per heavy atom. The highest BCUT2D eigenvalue weighted by Gasteiger charge is 2.43. The third-order valence-corrected chi connectivity index (χ3v) is 6.05. The Morgan fingerprint density at radius 2 is 2.08 bits per heavy atom. The first kappa shape index (κ1) is 20.5. The summed E-state index contributed by atoms with van der Waals surface area (Å²) in [5, 5.41) is 21.3. The van der Waals surface area contributed by atoms with Gasteiger partial charge in [0, 0.05) is 18.8 Å². The summed E-state index contributed by atoms with van der Waals surface area (Å²) in [5.74, 6) is 1.40. The molecule has 1 heterocycles. The molecule has 0 radical (unpaired) electrons. The Kier molecular flexibility index (Phi) is 8.02. The van der Waals surface area contributed by atoms with E-state index in [9.17, 15) is 10.2 Å². The van der Waals surface area contributed by atoms with Gasteiger partial charge in [0.05, 0.1) is 17.5 Å². The molecule has 25 heavy (non-hydrogen) atoms. The zero-order valence-electron chi connectivity index (χ0n) is 16.3. The SMILES string of the molecule is C=C1CCC/C=C\C[C@@H]2[C@@H](CCC(C)(O)CCCCC)[C@H](O)C[C@@H]2O1. The predicted molar refractivity (Wildman–Crippen MR) is 103 cm³/mol. The topological polar surface area (TPSA) is 49.7 Å². The molecule has 2 rings (SSSR count). The van der Waals surface area contributed by atoms with E-state index >= 15 is 0 Å². The van der Waals surface area contributed by atoms with Gasteiger partial charge in [0.1, 0.15) is 6.10 Å². The van der Waals surface area contributed by atoms with Gasteiger partial charge in [0.15, 0.2) is 0 Å². The maximum atomic E-state index is 10.7. The number of unbranched alkanes of at least 4 members (excludes halogenated alkanes) is 2. The van der Waals surface area contributed by atoms with Crippen LogP contribution in [-0.4, -0.2) is 28.0 Å². The zero-order chi connectivity index (χ0) is 18.3. The van der Waals surface area contributed by atoms with E-state index < -0.39 is 5.60 Å². The van der Waals surface area contributed by atoms with Gasteiger partial charge in [-0.15, -0.1) is 0 Å². The highest BCUT2D eigenvalue weighted by Crippen LogP contribution is 2.42. The quantitative estimate of drug-likeness (QED) is 0.495. The first-order valence-electron chi connectivity index (χ1n) is 10.3. The Bertz CT molecular complexity index is 441. The number of allylic oxidation sites excluding steroid dienone is 3. The molecular formula is C22H38O3. The van der Waals surface area contributed by atoms with Gasteiger partial charge in [-0.1, -0.05) is 44.9 Å². The van der Waals surface area contributed by atoms with Crippen molar-refractivity contribution in [1.82, 2.24) is 0 Å². The van der Waals surface area contributed by atoms with Gasteiger partial charge in [0.2, 0.25) is 0 Å². The van der Waals surface area contributed by atoms with E-state index in [0.717, 1.165) is 57.1 Å². The molecule has 1 saturated carbocycles. The van der Waals surface area contributed by atoms with E-state index in [4.69, 9.17) is 4.74 Å². The molecule has 0 aromatic rings. The fraction of sp³-hybridized carbons (Fsp3) is 0.818. The van der Waals surface area contributed by atoms with Crippen LogP contribution < -0.4 is 0 Å². The first-order valence-corrected chi connectivity index (χ1v) is 10.3. The molecule has 0 aromatic carbocycles. The lowest BCUT2D eigenvalue weighted by Crippen LogP contribution is -2.29. The van der Waals surface area contributed by atoms with Crippen LogP contribution in [0.2, 0.25) is 0 Å². The van der Waals surface area contributed by atoms with Crippen molar-refractivity contribution in [1.29, 1.82) is 0 Å². The number of aliphatic hydroxyl groups is 2. The van der Waals surface area contributed by atoms with Crippen molar-refractivity contribution in [2.75, 3.05) is 0 Å². The second kappa shape index (κ2) is 9.78. The predicted octanol–water partition coefficient (Wildman–Crippen LogP) is 5.12. The molecule has 0 bridgehead atoms. The summed E-state index contributed by atoms with van der Waals surface area (Å²) in [7, 11) is 0.